The summed E-state index contributed by atoms with van der Waals surface area (Å²) >= 11 is 12.0. The smallest absolute Gasteiger partial charge is 0.310 e. The lowest BCUT2D eigenvalue weighted by Crippen LogP contribution is -2.29. The highest BCUT2D eigenvalue weighted by Gasteiger charge is 2.37. The Bertz CT molecular complexity index is 547. The number of halogens is 2. The molecule has 20 heavy (non-hydrogen) atoms. The van der Waals surface area contributed by atoms with Crippen molar-refractivity contribution in [3.8, 4) is 0 Å². The van der Waals surface area contributed by atoms with Crippen LogP contribution in [0.5, 0.6) is 0 Å². The average molecular weight is 316 g/mol. The van der Waals surface area contributed by atoms with Crippen molar-refractivity contribution in [2.24, 2.45) is 5.92 Å². The number of benzene rings is 1. The minimum absolute atomic E-state index is 0.0704. The number of nitrogens with zero attached hydrogens (tertiary/aromatic N) is 1. The molecule has 1 aromatic carbocycles. The summed E-state index contributed by atoms with van der Waals surface area (Å²) in [6, 6.07) is 4.97. The Morgan fingerprint density at radius 1 is 1.45 bits per heavy atom. The highest BCUT2D eigenvalue weighted by molar-refractivity contribution is 6.35. The van der Waals surface area contributed by atoms with Gasteiger partial charge in [0.15, 0.2) is 0 Å². The van der Waals surface area contributed by atoms with E-state index in [0.29, 0.717) is 16.6 Å². The first kappa shape index (κ1) is 15.1. The highest BCUT2D eigenvalue weighted by Crippen LogP contribution is 2.33. The molecule has 1 saturated heterocycles. The number of rotatable bonds is 3. The maximum Gasteiger partial charge on any atom is 0.310 e. The minimum Gasteiger partial charge on any atom is -0.469 e. The van der Waals surface area contributed by atoms with Gasteiger partial charge in [0, 0.05) is 23.0 Å². The van der Waals surface area contributed by atoms with E-state index >= 15 is 0 Å². The first-order chi connectivity index (χ1) is 9.43. The molecule has 0 N–H and O–H groups in total. The van der Waals surface area contributed by atoms with E-state index in [1.807, 2.05) is 6.92 Å². The van der Waals surface area contributed by atoms with E-state index in [1.165, 1.54) is 7.11 Å². The van der Waals surface area contributed by atoms with Crippen molar-refractivity contribution in [2.45, 2.75) is 19.4 Å². The molecule has 0 bridgehead atoms. The largest absolute Gasteiger partial charge is 0.469 e. The number of amides is 1. The third kappa shape index (κ3) is 2.91. The summed E-state index contributed by atoms with van der Waals surface area (Å²) in [5.41, 5.74) is 0.815. The van der Waals surface area contributed by atoms with Gasteiger partial charge >= 0.3 is 5.97 Å². The first-order valence-electron chi connectivity index (χ1n) is 6.26. The quantitative estimate of drug-likeness (QED) is 0.805. The molecule has 2 rings (SSSR count). The number of hydrogen-bond donors (Lipinski definition) is 0. The highest BCUT2D eigenvalue weighted by atomic mass is 35.5. The van der Waals surface area contributed by atoms with Crippen molar-refractivity contribution in [3.05, 3.63) is 33.8 Å². The van der Waals surface area contributed by atoms with E-state index in [1.54, 1.807) is 23.1 Å². The summed E-state index contributed by atoms with van der Waals surface area (Å²) in [4.78, 5) is 25.2. The van der Waals surface area contributed by atoms with E-state index in [4.69, 9.17) is 27.9 Å². The van der Waals surface area contributed by atoms with E-state index < -0.39 is 5.92 Å². The van der Waals surface area contributed by atoms with E-state index in [-0.39, 0.29) is 24.3 Å². The summed E-state index contributed by atoms with van der Waals surface area (Å²) in [7, 11) is 1.33. The first-order valence-corrected chi connectivity index (χ1v) is 7.02. The van der Waals surface area contributed by atoms with Crippen molar-refractivity contribution in [3.63, 3.8) is 0 Å². The van der Waals surface area contributed by atoms with Gasteiger partial charge in [0.05, 0.1) is 19.1 Å². The van der Waals surface area contributed by atoms with Crippen LogP contribution in [-0.4, -0.2) is 30.4 Å². The fraction of sp³-hybridized carbons (Fsp3) is 0.429. The lowest BCUT2D eigenvalue weighted by molar-refractivity contribution is -0.145. The molecule has 1 amide bonds. The number of likely N-dealkylation sites (tertiary alicyclic amines) is 1. The second-order valence-corrected chi connectivity index (χ2v) is 5.66. The van der Waals surface area contributed by atoms with Crippen molar-refractivity contribution in [1.82, 2.24) is 4.90 Å². The van der Waals surface area contributed by atoms with Crippen LogP contribution < -0.4 is 0 Å². The lowest BCUT2D eigenvalue weighted by atomic mass is 10.1. The Kier molecular flexibility index (Phi) is 4.55. The van der Waals surface area contributed by atoms with Crippen LogP contribution in [0.1, 0.15) is 24.9 Å². The number of methoxy groups -OCH3 is 1. The predicted octanol–water partition coefficient (Wildman–Crippen LogP) is 3.08. The van der Waals surface area contributed by atoms with Gasteiger partial charge in [-0.1, -0.05) is 29.3 Å². The molecule has 2 unspecified atom stereocenters. The van der Waals surface area contributed by atoms with Gasteiger partial charge in [0.1, 0.15) is 0 Å². The maximum absolute atomic E-state index is 12.0. The van der Waals surface area contributed by atoms with E-state index in [0.717, 1.165) is 5.56 Å². The molecule has 2 atom stereocenters. The minimum atomic E-state index is -0.402. The second-order valence-electron chi connectivity index (χ2n) is 4.81. The Labute approximate surface area is 127 Å². The van der Waals surface area contributed by atoms with Crippen LogP contribution in [0.2, 0.25) is 10.0 Å². The molecule has 0 spiro atoms. The maximum atomic E-state index is 12.0. The summed E-state index contributed by atoms with van der Waals surface area (Å²) in [6.45, 7) is 2.23. The zero-order valence-corrected chi connectivity index (χ0v) is 12.7. The van der Waals surface area contributed by atoms with Gasteiger partial charge in [-0.25, -0.2) is 0 Å². The van der Waals surface area contributed by atoms with Gasteiger partial charge in [-0.3, -0.25) is 9.59 Å². The topological polar surface area (TPSA) is 46.6 Å². The number of esters is 1. The summed E-state index contributed by atoms with van der Waals surface area (Å²) in [5.74, 6) is -0.824. The van der Waals surface area contributed by atoms with E-state index in [9.17, 15) is 9.59 Å². The Balaban J connectivity index is 2.19. The molecule has 108 valence electrons. The Hall–Kier alpha value is -1.26. The molecular formula is C14H15Cl2NO3. The molecule has 0 aromatic heterocycles. The normalized spacial score (nSPS) is 20.1. The molecule has 1 fully saturated rings. The van der Waals surface area contributed by atoms with Crippen LogP contribution in [0.4, 0.5) is 0 Å². The van der Waals surface area contributed by atoms with Gasteiger partial charge < -0.3 is 9.64 Å². The summed E-state index contributed by atoms with van der Waals surface area (Å²) in [5, 5.41) is 1.06. The van der Waals surface area contributed by atoms with Gasteiger partial charge in [-0.05, 0) is 24.6 Å². The third-order valence-corrected chi connectivity index (χ3v) is 4.14. The van der Waals surface area contributed by atoms with Crippen molar-refractivity contribution in [1.29, 1.82) is 0 Å². The van der Waals surface area contributed by atoms with E-state index in [2.05, 4.69) is 0 Å². The molecule has 0 aliphatic carbocycles. The molecule has 4 nitrogen and oxygen atoms in total. The fourth-order valence-electron chi connectivity index (χ4n) is 2.44. The van der Waals surface area contributed by atoms with Crippen LogP contribution in [-0.2, 0) is 14.3 Å². The zero-order valence-electron chi connectivity index (χ0n) is 11.2. The molecule has 1 heterocycles. The number of ether oxygens (including phenoxy) is 1. The summed E-state index contributed by atoms with van der Waals surface area (Å²) < 4.78 is 4.69. The van der Waals surface area contributed by atoms with Crippen molar-refractivity contribution in [2.75, 3.05) is 13.7 Å². The lowest BCUT2D eigenvalue weighted by Gasteiger charge is -2.25. The zero-order chi connectivity index (χ0) is 14.9. The Morgan fingerprint density at radius 2 is 2.15 bits per heavy atom. The second kappa shape index (κ2) is 6.02. The average Bonchev–Trinajstić information content (AvgIpc) is 2.79. The van der Waals surface area contributed by atoms with Crippen LogP contribution in [0.25, 0.3) is 0 Å². The number of carbonyl (C=O) groups is 2. The molecule has 1 aliphatic rings. The van der Waals surface area contributed by atoms with Gasteiger partial charge in [0.2, 0.25) is 5.91 Å². The van der Waals surface area contributed by atoms with Crippen LogP contribution in [0, 0.1) is 5.92 Å². The number of hydrogen-bond acceptors (Lipinski definition) is 3. The van der Waals surface area contributed by atoms with Crippen LogP contribution in [0.3, 0.4) is 0 Å². The van der Waals surface area contributed by atoms with Gasteiger partial charge in [-0.2, -0.15) is 0 Å². The monoisotopic (exact) mass is 315 g/mol. The number of carbonyl (C=O) groups excluding carboxylic acids is 2. The predicted molar refractivity (Wildman–Crippen MR) is 76.7 cm³/mol. The third-order valence-electron chi connectivity index (χ3n) is 3.57. The molecule has 1 aromatic rings. The van der Waals surface area contributed by atoms with Crippen molar-refractivity contribution < 1.29 is 14.3 Å². The summed E-state index contributed by atoms with van der Waals surface area (Å²) in [6.07, 6.45) is 0.183. The SMILES string of the molecule is COC(=O)C1CC(=O)N(C(C)c2ccc(Cl)cc2Cl)C1. The van der Waals surface area contributed by atoms with Gasteiger partial charge in [0.25, 0.3) is 0 Å². The fourth-order valence-corrected chi connectivity index (χ4v) is 3.01. The molecule has 0 radical (unpaired) electrons. The standard InChI is InChI=1S/C14H15Cl2NO3/c1-8(11-4-3-10(15)6-12(11)16)17-7-9(5-13(17)18)14(19)20-2/h3-4,6,8-9H,5,7H2,1-2H3. The Morgan fingerprint density at radius 3 is 2.75 bits per heavy atom. The molecule has 0 saturated carbocycles. The molecule has 1 aliphatic heterocycles. The van der Waals surface area contributed by atoms with Crippen LogP contribution >= 0.6 is 23.2 Å². The molecular weight excluding hydrogens is 301 g/mol. The molecule has 6 heteroatoms. The van der Waals surface area contributed by atoms with Crippen LogP contribution in [0.15, 0.2) is 18.2 Å². The van der Waals surface area contributed by atoms with Gasteiger partial charge in [-0.15, -0.1) is 0 Å². The van der Waals surface area contributed by atoms with Crippen molar-refractivity contribution >= 4 is 35.1 Å².